The van der Waals surface area contributed by atoms with Crippen LogP contribution in [0.5, 0.6) is 5.75 Å². The second-order valence-electron chi connectivity index (χ2n) is 5.05. The van der Waals surface area contributed by atoms with Crippen LogP contribution in [0.25, 0.3) is 0 Å². The van der Waals surface area contributed by atoms with Crippen molar-refractivity contribution in [2.24, 2.45) is 0 Å². The molecule has 0 saturated heterocycles. The summed E-state index contributed by atoms with van der Waals surface area (Å²) in [7, 11) is 0. The second-order valence-corrected chi connectivity index (χ2v) is 5.49. The zero-order chi connectivity index (χ0) is 13.8. The van der Waals surface area contributed by atoms with Crippen molar-refractivity contribution in [3.8, 4) is 5.75 Å². The smallest absolute Gasteiger partial charge is 0.123 e. The normalized spacial score (nSPS) is 14.2. The highest BCUT2D eigenvalue weighted by Crippen LogP contribution is 2.20. The van der Waals surface area contributed by atoms with Crippen molar-refractivity contribution in [1.82, 2.24) is 10.3 Å². The molecule has 20 heavy (non-hydrogen) atoms. The van der Waals surface area contributed by atoms with E-state index in [1.165, 1.54) is 12.8 Å². The lowest BCUT2D eigenvalue weighted by atomic mass is 10.2. The van der Waals surface area contributed by atoms with E-state index in [-0.39, 0.29) is 0 Å². The molecule has 1 saturated carbocycles. The predicted octanol–water partition coefficient (Wildman–Crippen LogP) is 3.57. The largest absolute Gasteiger partial charge is 0.489 e. The van der Waals surface area contributed by atoms with Crippen molar-refractivity contribution in [1.29, 1.82) is 0 Å². The number of hydrogen-bond donors (Lipinski definition) is 1. The second kappa shape index (κ2) is 6.25. The summed E-state index contributed by atoms with van der Waals surface area (Å²) in [4.78, 5) is 4.35. The topological polar surface area (TPSA) is 34.1 Å². The molecule has 1 aliphatic rings. The van der Waals surface area contributed by atoms with Gasteiger partial charge in [-0.05, 0) is 36.6 Å². The van der Waals surface area contributed by atoms with Crippen LogP contribution in [0.2, 0.25) is 5.02 Å². The summed E-state index contributed by atoms with van der Waals surface area (Å²) in [5.74, 6) is 0.850. The Bertz CT molecular complexity index is 567. The zero-order valence-corrected chi connectivity index (χ0v) is 11.9. The quantitative estimate of drug-likeness (QED) is 0.882. The summed E-state index contributed by atoms with van der Waals surface area (Å²) in [5.41, 5.74) is 2.12. The van der Waals surface area contributed by atoms with Crippen molar-refractivity contribution < 1.29 is 4.74 Å². The molecule has 104 valence electrons. The van der Waals surface area contributed by atoms with E-state index < -0.39 is 0 Å². The molecule has 1 aromatic heterocycles. The van der Waals surface area contributed by atoms with E-state index in [4.69, 9.17) is 16.3 Å². The lowest BCUT2D eigenvalue weighted by Gasteiger charge is -2.08. The summed E-state index contributed by atoms with van der Waals surface area (Å²) >= 11 is 5.86. The molecular formula is C16H17ClN2O. The molecule has 0 aliphatic heterocycles. The van der Waals surface area contributed by atoms with Crippen molar-refractivity contribution in [3.63, 3.8) is 0 Å². The van der Waals surface area contributed by atoms with Gasteiger partial charge in [-0.3, -0.25) is 4.98 Å². The minimum absolute atomic E-state index is 0.538. The summed E-state index contributed by atoms with van der Waals surface area (Å²) in [6.07, 6.45) is 4.36. The molecule has 2 aromatic rings. The Morgan fingerprint density at radius 1 is 1.20 bits per heavy atom. The first-order chi connectivity index (χ1) is 9.79. The predicted molar refractivity (Wildman–Crippen MR) is 79.9 cm³/mol. The number of halogens is 1. The van der Waals surface area contributed by atoms with Crippen molar-refractivity contribution >= 4 is 11.6 Å². The first-order valence-corrected chi connectivity index (χ1v) is 7.23. The lowest BCUT2D eigenvalue weighted by molar-refractivity contribution is 0.305. The Labute approximate surface area is 123 Å². The SMILES string of the molecule is Clc1ccc(COc2ccnc(CNC3CC3)c2)cc1. The molecule has 1 fully saturated rings. The number of rotatable bonds is 6. The molecule has 0 atom stereocenters. The van der Waals surface area contributed by atoms with Crippen LogP contribution in [0.1, 0.15) is 24.1 Å². The van der Waals surface area contributed by atoms with E-state index in [0.717, 1.165) is 28.6 Å². The molecule has 0 bridgehead atoms. The Kier molecular flexibility index (Phi) is 4.19. The van der Waals surface area contributed by atoms with Gasteiger partial charge in [0.15, 0.2) is 0 Å². The van der Waals surface area contributed by atoms with Crippen LogP contribution in [0.4, 0.5) is 0 Å². The van der Waals surface area contributed by atoms with Crippen molar-refractivity contribution in [2.45, 2.75) is 32.0 Å². The molecule has 1 heterocycles. The number of hydrogen-bond acceptors (Lipinski definition) is 3. The summed E-state index contributed by atoms with van der Waals surface area (Å²) in [5, 5.41) is 4.19. The van der Waals surface area contributed by atoms with E-state index in [2.05, 4.69) is 10.3 Å². The van der Waals surface area contributed by atoms with Crippen LogP contribution in [0, 0.1) is 0 Å². The Balaban J connectivity index is 1.56. The van der Waals surface area contributed by atoms with Gasteiger partial charge in [-0.2, -0.15) is 0 Å². The highest BCUT2D eigenvalue weighted by molar-refractivity contribution is 6.30. The van der Waals surface area contributed by atoms with Crippen LogP contribution in [0.15, 0.2) is 42.6 Å². The fourth-order valence-electron chi connectivity index (χ4n) is 1.93. The van der Waals surface area contributed by atoms with E-state index in [0.29, 0.717) is 12.6 Å². The van der Waals surface area contributed by atoms with Gasteiger partial charge in [0.25, 0.3) is 0 Å². The molecule has 1 aromatic carbocycles. The van der Waals surface area contributed by atoms with Crippen LogP contribution < -0.4 is 10.1 Å². The summed E-state index contributed by atoms with van der Waals surface area (Å²) < 4.78 is 5.78. The molecule has 0 amide bonds. The highest BCUT2D eigenvalue weighted by atomic mass is 35.5. The molecule has 0 radical (unpaired) electrons. The number of pyridine rings is 1. The molecule has 1 aliphatic carbocycles. The van der Waals surface area contributed by atoms with Gasteiger partial charge in [-0.15, -0.1) is 0 Å². The first-order valence-electron chi connectivity index (χ1n) is 6.85. The Morgan fingerprint density at radius 2 is 2.00 bits per heavy atom. The number of ether oxygens (including phenoxy) is 1. The van der Waals surface area contributed by atoms with Crippen LogP contribution in [-0.2, 0) is 13.2 Å². The van der Waals surface area contributed by atoms with Gasteiger partial charge in [0.05, 0.1) is 5.69 Å². The summed E-state index contributed by atoms with van der Waals surface area (Å²) in [6, 6.07) is 12.3. The third kappa shape index (κ3) is 3.95. The molecule has 0 unspecified atom stereocenters. The van der Waals surface area contributed by atoms with Gasteiger partial charge in [0.2, 0.25) is 0 Å². The average molecular weight is 289 g/mol. The molecule has 3 rings (SSSR count). The maximum Gasteiger partial charge on any atom is 0.123 e. The van der Waals surface area contributed by atoms with Gasteiger partial charge in [0.1, 0.15) is 12.4 Å². The summed E-state index contributed by atoms with van der Waals surface area (Å²) in [6.45, 7) is 1.35. The monoisotopic (exact) mass is 288 g/mol. The minimum Gasteiger partial charge on any atom is -0.489 e. The number of nitrogens with one attached hydrogen (secondary N) is 1. The number of benzene rings is 1. The standard InChI is InChI=1S/C16H17ClN2O/c17-13-3-1-12(2-4-13)11-20-16-7-8-18-15(9-16)10-19-14-5-6-14/h1-4,7-9,14,19H,5-6,10-11H2. The Hall–Kier alpha value is -1.58. The minimum atomic E-state index is 0.538. The maximum atomic E-state index is 5.86. The van der Waals surface area contributed by atoms with Crippen molar-refractivity contribution in [3.05, 3.63) is 58.9 Å². The van der Waals surface area contributed by atoms with E-state index in [1.807, 2.05) is 36.4 Å². The van der Waals surface area contributed by atoms with Crippen LogP contribution in [0.3, 0.4) is 0 Å². The third-order valence-corrected chi connectivity index (χ3v) is 3.51. The zero-order valence-electron chi connectivity index (χ0n) is 11.2. The molecule has 1 N–H and O–H groups in total. The van der Waals surface area contributed by atoms with Gasteiger partial charge in [-0.1, -0.05) is 23.7 Å². The lowest BCUT2D eigenvalue weighted by Crippen LogP contribution is -2.16. The van der Waals surface area contributed by atoms with Gasteiger partial charge < -0.3 is 10.1 Å². The Morgan fingerprint density at radius 3 is 2.75 bits per heavy atom. The van der Waals surface area contributed by atoms with Crippen molar-refractivity contribution in [2.75, 3.05) is 0 Å². The number of aromatic nitrogens is 1. The maximum absolute atomic E-state index is 5.86. The van der Waals surface area contributed by atoms with Crippen LogP contribution >= 0.6 is 11.6 Å². The average Bonchev–Trinajstić information content (AvgIpc) is 3.29. The highest BCUT2D eigenvalue weighted by Gasteiger charge is 2.20. The van der Waals surface area contributed by atoms with E-state index in [9.17, 15) is 0 Å². The third-order valence-electron chi connectivity index (χ3n) is 3.26. The van der Waals surface area contributed by atoms with Crippen LogP contribution in [-0.4, -0.2) is 11.0 Å². The van der Waals surface area contributed by atoms with Gasteiger partial charge in [-0.25, -0.2) is 0 Å². The first kappa shape index (κ1) is 13.4. The molecular weight excluding hydrogens is 272 g/mol. The number of nitrogens with zero attached hydrogens (tertiary/aromatic N) is 1. The van der Waals surface area contributed by atoms with Gasteiger partial charge in [0, 0.05) is 29.9 Å². The van der Waals surface area contributed by atoms with Gasteiger partial charge >= 0.3 is 0 Å². The van der Waals surface area contributed by atoms with E-state index >= 15 is 0 Å². The molecule has 0 spiro atoms. The van der Waals surface area contributed by atoms with E-state index in [1.54, 1.807) is 6.20 Å². The fourth-order valence-corrected chi connectivity index (χ4v) is 2.05. The fraction of sp³-hybridized carbons (Fsp3) is 0.312. The molecule has 3 nitrogen and oxygen atoms in total. The molecule has 4 heteroatoms.